The Morgan fingerprint density at radius 2 is 1.84 bits per heavy atom. The summed E-state index contributed by atoms with van der Waals surface area (Å²) >= 11 is 20.5. The van der Waals surface area contributed by atoms with Gasteiger partial charge in [0, 0.05) is 49.8 Å². The van der Waals surface area contributed by atoms with Crippen molar-refractivity contribution < 1.29 is 19.1 Å². The summed E-state index contributed by atoms with van der Waals surface area (Å²) in [5, 5.41) is 0. The lowest BCUT2D eigenvalue weighted by atomic mass is 9.85. The number of alkyl halides is 3. The molecule has 1 fully saturated rings. The molecule has 37 heavy (non-hydrogen) atoms. The molecular formula is C28H33Cl3N3O3+. The van der Waals surface area contributed by atoms with Gasteiger partial charge < -0.3 is 19.1 Å². The Kier molecular flexibility index (Phi) is 6.91. The van der Waals surface area contributed by atoms with Crippen molar-refractivity contribution in [3.05, 3.63) is 46.5 Å². The van der Waals surface area contributed by atoms with Gasteiger partial charge in [0.15, 0.2) is 17.5 Å². The van der Waals surface area contributed by atoms with Gasteiger partial charge in [-0.2, -0.15) is 0 Å². The van der Waals surface area contributed by atoms with E-state index in [-0.39, 0.29) is 12.8 Å². The van der Waals surface area contributed by atoms with Crippen LogP contribution in [0.5, 0.6) is 17.2 Å². The lowest BCUT2D eigenvalue weighted by Gasteiger charge is -2.44. The average molecular weight is 566 g/mol. The maximum Gasteiger partial charge on any atom is 0.246 e. The number of nitrogens with one attached hydrogen (secondary N) is 1. The van der Waals surface area contributed by atoms with Crippen LogP contribution in [0.1, 0.15) is 48.1 Å². The van der Waals surface area contributed by atoms with Crippen molar-refractivity contribution in [2.45, 2.75) is 36.0 Å². The molecule has 6 rings (SSSR count). The normalized spacial score (nSPS) is 22.7. The van der Waals surface area contributed by atoms with Gasteiger partial charge in [-0.05, 0) is 42.3 Å². The monoisotopic (exact) mass is 564 g/mol. The first-order valence-electron chi connectivity index (χ1n) is 13.1. The number of hydrogen-bond acceptors (Lipinski definition) is 5. The molecule has 0 spiro atoms. The number of anilines is 1. The number of ether oxygens (including phenoxy) is 3. The number of rotatable bonds is 5. The molecular weight excluding hydrogens is 533 g/mol. The molecule has 0 radical (unpaired) electrons. The van der Waals surface area contributed by atoms with Gasteiger partial charge in [-0.1, -0.05) is 54.2 Å². The SMILES string of the molecule is CCCCN1CCN(c2c(OC)ccc3c2C(C(Cl)(Cl)Cl)[NH+]2CCc4cc5c(cc4C2=C3)OCO5)CC1. The van der Waals surface area contributed by atoms with Gasteiger partial charge in [-0.3, -0.25) is 9.80 Å². The van der Waals surface area contributed by atoms with Crippen LogP contribution in [0.15, 0.2) is 24.3 Å². The van der Waals surface area contributed by atoms with E-state index in [1.807, 2.05) is 0 Å². The fraction of sp³-hybridized carbons (Fsp3) is 0.500. The first-order valence-corrected chi connectivity index (χ1v) is 14.3. The summed E-state index contributed by atoms with van der Waals surface area (Å²) in [7, 11) is 1.73. The number of hydrogen-bond donors (Lipinski definition) is 1. The van der Waals surface area contributed by atoms with Gasteiger partial charge in [-0.15, -0.1) is 0 Å². The number of benzene rings is 2. The van der Waals surface area contributed by atoms with E-state index >= 15 is 0 Å². The molecule has 0 aromatic heterocycles. The Labute approximate surface area is 233 Å². The summed E-state index contributed by atoms with van der Waals surface area (Å²) < 4.78 is 15.7. The lowest BCUT2D eigenvalue weighted by molar-refractivity contribution is -0.861. The lowest BCUT2D eigenvalue weighted by Crippen LogP contribution is -3.12. The minimum Gasteiger partial charge on any atom is -0.495 e. The molecule has 0 saturated carbocycles. The number of quaternary nitrogens is 1. The molecule has 2 unspecified atom stereocenters. The van der Waals surface area contributed by atoms with Crippen LogP contribution in [-0.4, -0.2) is 61.9 Å². The number of piperazine rings is 1. The second kappa shape index (κ2) is 10.0. The molecule has 1 saturated heterocycles. The smallest absolute Gasteiger partial charge is 0.246 e. The van der Waals surface area contributed by atoms with E-state index in [9.17, 15) is 0 Å². The molecule has 0 bridgehead atoms. The Morgan fingerprint density at radius 1 is 1.08 bits per heavy atom. The van der Waals surface area contributed by atoms with E-state index in [0.29, 0.717) is 0 Å². The zero-order valence-corrected chi connectivity index (χ0v) is 23.6. The zero-order chi connectivity index (χ0) is 25.7. The summed E-state index contributed by atoms with van der Waals surface area (Å²) in [6.07, 6.45) is 5.56. The van der Waals surface area contributed by atoms with Gasteiger partial charge >= 0.3 is 0 Å². The number of methoxy groups -OCH3 is 1. The molecule has 0 aliphatic carbocycles. The fourth-order valence-electron chi connectivity index (χ4n) is 6.28. The number of unbranched alkanes of at least 4 members (excludes halogenated alkanes) is 1. The highest BCUT2D eigenvalue weighted by atomic mass is 35.6. The quantitative estimate of drug-likeness (QED) is 0.532. The second-order valence-electron chi connectivity index (χ2n) is 10.2. The second-order valence-corrected chi connectivity index (χ2v) is 12.6. The van der Waals surface area contributed by atoms with Crippen LogP contribution in [0.25, 0.3) is 11.8 Å². The predicted molar refractivity (Wildman–Crippen MR) is 150 cm³/mol. The minimum atomic E-state index is -1.51. The molecule has 6 nitrogen and oxygen atoms in total. The van der Waals surface area contributed by atoms with Crippen molar-refractivity contribution in [2.75, 3.05) is 58.1 Å². The third-order valence-corrected chi connectivity index (χ3v) is 8.77. The number of fused-ring (bicyclic) bond motifs is 5. The summed E-state index contributed by atoms with van der Waals surface area (Å²) in [4.78, 5) is 6.14. The third-order valence-electron chi connectivity index (χ3n) is 8.11. The van der Waals surface area contributed by atoms with Crippen LogP contribution >= 0.6 is 34.8 Å². The van der Waals surface area contributed by atoms with E-state index in [1.54, 1.807) is 7.11 Å². The largest absolute Gasteiger partial charge is 0.495 e. The molecule has 2 aromatic carbocycles. The van der Waals surface area contributed by atoms with Gasteiger partial charge in [-0.25, -0.2) is 0 Å². The van der Waals surface area contributed by atoms with Gasteiger partial charge in [0.05, 0.1) is 19.3 Å². The zero-order valence-electron chi connectivity index (χ0n) is 21.3. The first-order chi connectivity index (χ1) is 17.9. The minimum absolute atomic E-state index is 0.252. The number of halogens is 3. The van der Waals surface area contributed by atoms with Crippen LogP contribution in [0.4, 0.5) is 5.69 Å². The van der Waals surface area contributed by atoms with E-state index in [1.165, 1.54) is 18.4 Å². The van der Waals surface area contributed by atoms with Crippen molar-refractivity contribution in [3.8, 4) is 17.2 Å². The first kappa shape index (κ1) is 25.4. The number of nitrogens with zero attached hydrogens (tertiary/aromatic N) is 2. The molecule has 4 heterocycles. The van der Waals surface area contributed by atoms with Gasteiger partial charge in [0.25, 0.3) is 0 Å². The maximum atomic E-state index is 6.84. The molecule has 198 valence electrons. The Bertz CT molecular complexity index is 1220. The van der Waals surface area contributed by atoms with E-state index in [0.717, 1.165) is 95.9 Å². The van der Waals surface area contributed by atoms with E-state index in [4.69, 9.17) is 49.0 Å². The van der Waals surface area contributed by atoms with Gasteiger partial charge in [0.1, 0.15) is 11.4 Å². The molecule has 2 aromatic rings. The van der Waals surface area contributed by atoms with Crippen molar-refractivity contribution >= 4 is 52.3 Å². The average Bonchev–Trinajstić information content (AvgIpc) is 3.36. The summed E-state index contributed by atoms with van der Waals surface area (Å²) in [6.45, 7) is 8.33. The highest BCUT2D eigenvalue weighted by Crippen LogP contribution is 2.50. The van der Waals surface area contributed by atoms with E-state index in [2.05, 4.69) is 47.1 Å². The summed E-state index contributed by atoms with van der Waals surface area (Å²) in [6, 6.07) is 7.96. The fourth-order valence-corrected chi connectivity index (χ4v) is 7.00. The van der Waals surface area contributed by atoms with Crippen molar-refractivity contribution in [3.63, 3.8) is 0 Å². The van der Waals surface area contributed by atoms with Crippen LogP contribution < -0.4 is 24.0 Å². The summed E-state index contributed by atoms with van der Waals surface area (Å²) in [5.74, 6) is 2.41. The van der Waals surface area contributed by atoms with Crippen LogP contribution in [0.3, 0.4) is 0 Å². The molecule has 2 atom stereocenters. The Hall–Kier alpha value is -1.83. The van der Waals surface area contributed by atoms with Crippen molar-refractivity contribution in [1.82, 2.24) is 4.90 Å². The van der Waals surface area contributed by atoms with Gasteiger partial charge in [0.2, 0.25) is 10.6 Å². The Morgan fingerprint density at radius 3 is 2.54 bits per heavy atom. The van der Waals surface area contributed by atoms with Crippen LogP contribution in [0.2, 0.25) is 0 Å². The molecule has 9 heteroatoms. The predicted octanol–water partition coefficient (Wildman–Crippen LogP) is 4.71. The molecule has 4 aliphatic rings. The highest BCUT2D eigenvalue weighted by Gasteiger charge is 2.50. The molecule has 4 aliphatic heterocycles. The standard InChI is InChI=1S/C28H32Cl3N3O3/c1-3-4-8-32-10-12-33(13-11-32)26-22(35-2)6-5-19-14-21-20-16-24-23(36-17-37-24)15-18(20)7-9-34(21)27(25(19)26)28(29,30)31/h5-6,14-16,27H,3-4,7-13,17H2,1-2H3/p+1. The topological polar surface area (TPSA) is 38.6 Å². The van der Waals surface area contributed by atoms with Crippen LogP contribution in [-0.2, 0) is 6.42 Å². The van der Waals surface area contributed by atoms with E-state index < -0.39 is 3.79 Å². The van der Waals surface area contributed by atoms with Crippen molar-refractivity contribution in [1.29, 1.82) is 0 Å². The van der Waals surface area contributed by atoms with Crippen molar-refractivity contribution in [2.24, 2.45) is 0 Å². The summed E-state index contributed by atoms with van der Waals surface area (Å²) in [5.41, 5.74) is 6.70. The molecule has 1 N–H and O–H groups in total. The van der Waals surface area contributed by atoms with Crippen LogP contribution in [0, 0.1) is 0 Å². The maximum absolute atomic E-state index is 6.84. The highest BCUT2D eigenvalue weighted by molar-refractivity contribution is 6.68. The third kappa shape index (κ3) is 4.55. The Balaban J connectivity index is 1.46. The molecule has 0 amide bonds.